The Hall–Kier alpha value is -3.61. The van der Waals surface area contributed by atoms with Gasteiger partial charge in [-0.3, -0.25) is 14.9 Å². The summed E-state index contributed by atoms with van der Waals surface area (Å²) in [5.41, 5.74) is 4.37. The minimum atomic E-state index is -0.777. The van der Waals surface area contributed by atoms with Crippen LogP contribution in [0.2, 0.25) is 0 Å². The summed E-state index contributed by atoms with van der Waals surface area (Å²) in [6, 6.07) is 10.1. The van der Waals surface area contributed by atoms with Crippen molar-refractivity contribution in [2.75, 3.05) is 23.5 Å². The number of aryl methyl sites for hydroxylation is 1. The topological polar surface area (TPSA) is 79.0 Å². The number of nitrogens with zero attached hydrogens (tertiary/aromatic N) is 2. The monoisotopic (exact) mass is 461 g/mol. The first-order valence-corrected chi connectivity index (χ1v) is 11.6. The van der Waals surface area contributed by atoms with E-state index in [4.69, 9.17) is 4.74 Å². The summed E-state index contributed by atoms with van der Waals surface area (Å²) < 4.78 is 5.50. The van der Waals surface area contributed by atoms with Gasteiger partial charge in [0.25, 0.3) is 11.8 Å². The van der Waals surface area contributed by atoms with Crippen LogP contribution in [0.5, 0.6) is 5.75 Å². The molecule has 34 heavy (non-hydrogen) atoms. The molecule has 1 saturated heterocycles. The van der Waals surface area contributed by atoms with Crippen LogP contribution in [0.25, 0.3) is 6.08 Å². The van der Waals surface area contributed by atoms with E-state index in [9.17, 15) is 14.4 Å². The lowest BCUT2D eigenvalue weighted by Gasteiger charge is -2.45. The zero-order chi connectivity index (χ0) is 24.8. The number of barbiturate groups is 1. The summed E-state index contributed by atoms with van der Waals surface area (Å²) in [5.74, 6) is -0.495. The lowest BCUT2D eigenvalue weighted by Crippen LogP contribution is -2.54. The number of ether oxygens (including phenoxy) is 1. The molecule has 0 spiro atoms. The van der Waals surface area contributed by atoms with E-state index in [2.05, 4.69) is 50.2 Å². The summed E-state index contributed by atoms with van der Waals surface area (Å²) in [6.45, 7) is 10.9. The number of amides is 4. The fourth-order valence-corrected chi connectivity index (χ4v) is 4.82. The summed E-state index contributed by atoms with van der Waals surface area (Å²) >= 11 is 0. The predicted molar refractivity (Wildman–Crippen MR) is 133 cm³/mol. The molecule has 2 aliphatic heterocycles. The van der Waals surface area contributed by atoms with Gasteiger partial charge in [0.15, 0.2) is 0 Å². The van der Waals surface area contributed by atoms with Crippen LogP contribution < -0.4 is 19.9 Å². The first kappa shape index (κ1) is 23.5. The summed E-state index contributed by atoms with van der Waals surface area (Å²) in [5, 5.41) is 2.30. The smallest absolute Gasteiger partial charge is 0.335 e. The Kier molecular flexibility index (Phi) is 5.98. The highest BCUT2D eigenvalue weighted by Crippen LogP contribution is 2.43. The minimum Gasteiger partial charge on any atom is -0.494 e. The van der Waals surface area contributed by atoms with Crippen LogP contribution in [0, 0.1) is 6.92 Å². The van der Waals surface area contributed by atoms with Gasteiger partial charge in [-0.2, -0.15) is 0 Å². The molecule has 0 saturated carbocycles. The third kappa shape index (κ3) is 4.06. The molecule has 4 rings (SSSR count). The summed E-state index contributed by atoms with van der Waals surface area (Å²) in [4.78, 5) is 41.9. The van der Waals surface area contributed by atoms with Crippen LogP contribution in [0.4, 0.5) is 16.2 Å². The maximum absolute atomic E-state index is 13.3. The number of imide groups is 2. The van der Waals surface area contributed by atoms with E-state index in [0.717, 1.165) is 28.1 Å². The van der Waals surface area contributed by atoms with Crippen molar-refractivity contribution in [3.8, 4) is 5.75 Å². The van der Waals surface area contributed by atoms with Crippen molar-refractivity contribution in [2.24, 2.45) is 0 Å². The Morgan fingerprint density at radius 3 is 2.62 bits per heavy atom. The second-order valence-corrected chi connectivity index (χ2v) is 9.63. The van der Waals surface area contributed by atoms with E-state index >= 15 is 0 Å². The predicted octanol–water partition coefficient (Wildman–Crippen LogP) is 4.78. The molecular weight excluding hydrogens is 430 g/mol. The van der Waals surface area contributed by atoms with Crippen LogP contribution in [0.15, 0.2) is 42.0 Å². The van der Waals surface area contributed by atoms with Gasteiger partial charge >= 0.3 is 6.03 Å². The Bertz CT molecular complexity index is 1210. The second kappa shape index (κ2) is 8.63. The molecular formula is C27H31N3O4. The number of carbonyl (C=O) groups is 3. The number of benzene rings is 2. The summed E-state index contributed by atoms with van der Waals surface area (Å²) in [6.07, 6.45) is 2.58. The minimum absolute atomic E-state index is 0.0367. The van der Waals surface area contributed by atoms with Crippen molar-refractivity contribution in [1.29, 1.82) is 0 Å². The van der Waals surface area contributed by atoms with Gasteiger partial charge in [0.2, 0.25) is 0 Å². The molecule has 1 atom stereocenters. The van der Waals surface area contributed by atoms with E-state index < -0.39 is 17.8 Å². The normalized spacial score (nSPS) is 20.9. The Morgan fingerprint density at radius 2 is 1.91 bits per heavy atom. The molecule has 7 heteroatoms. The third-order valence-corrected chi connectivity index (χ3v) is 6.81. The van der Waals surface area contributed by atoms with Crippen molar-refractivity contribution in [3.05, 3.63) is 58.7 Å². The lowest BCUT2D eigenvalue weighted by molar-refractivity contribution is -0.122. The van der Waals surface area contributed by atoms with Crippen LogP contribution in [0.3, 0.4) is 0 Å². The molecule has 2 heterocycles. The van der Waals surface area contributed by atoms with Gasteiger partial charge in [-0.15, -0.1) is 0 Å². The van der Waals surface area contributed by atoms with Crippen LogP contribution in [-0.4, -0.2) is 37.0 Å². The van der Waals surface area contributed by atoms with Crippen LogP contribution >= 0.6 is 0 Å². The van der Waals surface area contributed by atoms with Crippen molar-refractivity contribution in [2.45, 2.75) is 52.5 Å². The Balaban J connectivity index is 1.75. The summed E-state index contributed by atoms with van der Waals surface area (Å²) in [7, 11) is 2.10. The average molecular weight is 462 g/mol. The quantitative estimate of drug-likeness (QED) is 0.524. The molecule has 178 valence electrons. The number of anilines is 2. The van der Waals surface area contributed by atoms with Crippen molar-refractivity contribution < 1.29 is 19.1 Å². The van der Waals surface area contributed by atoms with Gasteiger partial charge in [0.1, 0.15) is 11.3 Å². The fraction of sp³-hybridized carbons (Fsp3) is 0.370. The number of nitrogens with one attached hydrogen (secondary N) is 1. The van der Waals surface area contributed by atoms with Gasteiger partial charge in [-0.05, 0) is 87.1 Å². The standard InChI is InChI=1S/C27H31N3O4/c1-7-34-20-10-8-9-19(14-20)30-25(32)22(24(31)28-26(30)33)13-18-12-21-17(3)15-27(4,5)29(6)23(21)11-16(18)2/h8-14,17H,7,15H2,1-6H3,(H,28,31,33)/b22-13+/t17-/m1/s1. The highest BCUT2D eigenvalue weighted by molar-refractivity contribution is 6.39. The maximum Gasteiger partial charge on any atom is 0.335 e. The fourth-order valence-electron chi connectivity index (χ4n) is 4.82. The second-order valence-electron chi connectivity index (χ2n) is 9.63. The maximum atomic E-state index is 13.3. The molecule has 1 fully saturated rings. The number of carbonyl (C=O) groups excluding carboxylic acids is 3. The largest absolute Gasteiger partial charge is 0.494 e. The number of hydrogen-bond acceptors (Lipinski definition) is 5. The van der Waals surface area contributed by atoms with E-state index in [0.29, 0.717) is 24.0 Å². The SMILES string of the molecule is CCOc1cccc(N2C(=O)NC(=O)/C(=C\c3cc4c(cc3C)N(C)C(C)(C)C[C@H]4C)C2=O)c1. The van der Waals surface area contributed by atoms with Crippen LogP contribution in [-0.2, 0) is 9.59 Å². The molecule has 0 radical (unpaired) electrons. The molecule has 2 aromatic carbocycles. The van der Waals surface area contributed by atoms with E-state index in [1.165, 1.54) is 5.56 Å². The lowest BCUT2D eigenvalue weighted by atomic mass is 9.79. The zero-order valence-electron chi connectivity index (χ0n) is 20.6. The molecule has 0 aliphatic carbocycles. The van der Waals surface area contributed by atoms with Gasteiger partial charge in [0, 0.05) is 24.3 Å². The third-order valence-electron chi connectivity index (χ3n) is 6.81. The van der Waals surface area contributed by atoms with Crippen molar-refractivity contribution in [3.63, 3.8) is 0 Å². The van der Waals surface area contributed by atoms with Crippen LogP contribution in [0.1, 0.15) is 56.7 Å². The molecule has 7 nitrogen and oxygen atoms in total. The number of rotatable bonds is 4. The van der Waals surface area contributed by atoms with E-state index in [-0.39, 0.29) is 11.1 Å². The number of fused-ring (bicyclic) bond motifs is 1. The van der Waals surface area contributed by atoms with Crippen molar-refractivity contribution in [1.82, 2.24) is 5.32 Å². The van der Waals surface area contributed by atoms with Gasteiger partial charge in [-0.1, -0.05) is 13.0 Å². The van der Waals surface area contributed by atoms with E-state index in [1.54, 1.807) is 30.3 Å². The number of urea groups is 1. The molecule has 2 aromatic rings. The molecule has 2 aliphatic rings. The van der Waals surface area contributed by atoms with Gasteiger partial charge in [-0.25, -0.2) is 9.69 Å². The molecule has 0 aromatic heterocycles. The Labute approximate surface area is 200 Å². The van der Waals surface area contributed by atoms with E-state index in [1.807, 2.05) is 13.8 Å². The molecule has 1 N–H and O–H groups in total. The highest BCUT2D eigenvalue weighted by atomic mass is 16.5. The van der Waals surface area contributed by atoms with Gasteiger partial charge < -0.3 is 9.64 Å². The Morgan fingerprint density at radius 1 is 1.18 bits per heavy atom. The highest BCUT2D eigenvalue weighted by Gasteiger charge is 2.38. The molecule has 0 unspecified atom stereocenters. The average Bonchev–Trinajstić information content (AvgIpc) is 2.76. The number of hydrogen-bond donors (Lipinski definition) is 1. The molecule has 0 bridgehead atoms. The zero-order valence-corrected chi connectivity index (χ0v) is 20.6. The first-order chi connectivity index (χ1) is 16.0. The first-order valence-electron chi connectivity index (χ1n) is 11.6. The van der Waals surface area contributed by atoms with Crippen molar-refractivity contribution >= 4 is 35.3 Å². The molecule has 4 amide bonds. The van der Waals surface area contributed by atoms with Gasteiger partial charge in [0.05, 0.1) is 12.3 Å².